The second kappa shape index (κ2) is 20.0. The van der Waals surface area contributed by atoms with Crippen LogP contribution in [-0.2, 0) is 43.1 Å². The second-order valence-electron chi connectivity index (χ2n) is 14.1. The molecule has 0 unspecified atom stereocenters. The lowest BCUT2D eigenvalue weighted by Gasteiger charge is -2.40. The summed E-state index contributed by atoms with van der Waals surface area (Å²) in [6.45, 7) is 9.26. The second-order valence-corrected chi connectivity index (χ2v) is 14.1. The lowest BCUT2D eigenvalue weighted by molar-refractivity contribution is -0.169. The number of carbonyl (C=O) groups is 2. The Kier molecular flexibility index (Phi) is 16.2. The third kappa shape index (κ3) is 11.8. The van der Waals surface area contributed by atoms with Crippen LogP contribution in [0.4, 0.5) is 8.78 Å². The molecule has 280 valence electrons. The van der Waals surface area contributed by atoms with E-state index in [0.29, 0.717) is 25.7 Å². The Balaban J connectivity index is 0.000000280. The van der Waals surface area contributed by atoms with Gasteiger partial charge in [-0.25, -0.2) is 8.78 Å². The Hall–Kier alpha value is -4.40. The van der Waals surface area contributed by atoms with Crippen molar-refractivity contribution in [2.24, 2.45) is 11.8 Å². The highest BCUT2D eigenvalue weighted by molar-refractivity contribution is 5.70. The highest BCUT2D eigenvalue weighted by Gasteiger charge is 2.43. The van der Waals surface area contributed by atoms with Crippen LogP contribution in [0.15, 0.2) is 109 Å². The van der Waals surface area contributed by atoms with Crippen LogP contribution in [0.25, 0.3) is 0 Å². The Bertz CT molecular complexity index is 1650. The molecule has 0 fully saturated rings. The van der Waals surface area contributed by atoms with Crippen LogP contribution in [0, 0.1) is 23.5 Å². The van der Waals surface area contributed by atoms with Crippen molar-refractivity contribution in [2.45, 2.75) is 64.6 Å². The van der Waals surface area contributed by atoms with E-state index in [0.717, 1.165) is 35.3 Å². The first-order valence-electron chi connectivity index (χ1n) is 18.1. The maximum Gasteiger partial charge on any atom is 0.306 e. The molecule has 6 nitrogen and oxygen atoms in total. The quantitative estimate of drug-likeness (QED) is 0.108. The van der Waals surface area contributed by atoms with Crippen molar-refractivity contribution in [3.8, 4) is 0 Å². The van der Waals surface area contributed by atoms with Gasteiger partial charge in [0.05, 0.1) is 0 Å². The molecule has 0 aliphatic rings. The number of hydrogen-bond donors (Lipinski definition) is 0. The van der Waals surface area contributed by atoms with Gasteiger partial charge in [-0.2, -0.15) is 0 Å². The first-order chi connectivity index (χ1) is 24.7. The van der Waals surface area contributed by atoms with Crippen molar-refractivity contribution in [1.82, 2.24) is 9.80 Å². The topological polar surface area (TPSA) is 59.1 Å². The monoisotopic (exact) mass is 714 g/mol. The number of halogens is 2. The first-order valence-corrected chi connectivity index (χ1v) is 18.1. The van der Waals surface area contributed by atoms with Crippen molar-refractivity contribution < 1.29 is 27.8 Å². The van der Waals surface area contributed by atoms with E-state index in [-0.39, 0.29) is 35.4 Å². The summed E-state index contributed by atoms with van der Waals surface area (Å²) in [7, 11) is 8.00. The van der Waals surface area contributed by atoms with Gasteiger partial charge in [-0.05, 0) is 74.7 Å². The van der Waals surface area contributed by atoms with E-state index in [1.54, 1.807) is 38.1 Å². The highest BCUT2D eigenvalue weighted by Crippen LogP contribution is 2.40. The van der Waals surface area contributed by atoms with Crippen molar-refractivity contribution in [3.63, 3.8) is 0 Å². The SMILES string of the molecule is CCC(=O)O[C@](Cc1ccc(F)cc1)(c1ccccc1)[C@H](C)CN(C)C.CCC(=O)O[C@](Cc1ccccc1)(c1ccc(F)cc1)[C@H](C)CN(C)C. The molecule has 0 heterocycles. The molecule has 4 rings (SSSR count). The van der Waals surface area contributed by atoms with Gasteiger partial charge >= 0.3 is 11.9 Å². The molecule has 4 aromatic carbocycles. The molecule has 0 saturated heterocycles. The molecule has 0 amide bonds. The van der Waals surface area contributed by atoms with Gasteiger partial charge in [0.25, 0.3) is 0 Å². The van der Waals surface area contributed by atoms with E-state index in [4.69, 9.17) is 9.47 Å². The molecule has 0 aromatic heterocycles. The summed E-state index contributed by atoms with van der Waals surface area (Å²) in [6.07, 6.45) is 1.65. The van der Waals surface area contributed by atoms with Gasteiger partial charge in [0.15, 0.2) is 0 Å². The van der Waals surface area contributed by atoms with Crippen LogP contribution >= 0.6 is 0 Å². The van der Waals surface area contributed by atoms with Crippen molar-refractivity contribution >= 4 is 11.9 Å². The van der Waals surface area contributed by atoms with Gasteiger partial charge in [-0.3, -0.25) is 9.59 Å². The van der Waals surface area contributed by atoms with Gasteiger partial charge in [0, 0.05) is 50.6 Å². The molecule has 8 heteroatoms. The number of hydrogen-bond acceptors (Lipinski definition) is 6. The van der Waals surface area contributed by atoms with Gasteiger partial charge in [0.2, 0.25) is 0 Å². The molecule has 0 N–H and O–H groups in total. The zero-order valence-corrected chi connectivity index (χ0v) is 32.1. The maximum atomic E-state index is 13.5. The maximum absolute atomic E-state index is 13.5. The smallest absolute Gasteiger partial charge is 0.306 e. The number of carbonyl (C=O) groups excluding carboxylic acids is 2. The van der Waals surface area contributed by atoms with Gasteiger partial charge in [-0.1, -0.05) is 113 Å². The van der Waals surface area contributed by atoms with E-state index in [2.05, 4.69) is 23.6 Å². The molecule has 0 aliphatic carbocycles. The molecule has 4 atom stereocenters. The normalized spacial score (nSPS) is 14.7. The molecule has 0 aliphatic heterocycles. The van der Waals surface area contributed by atoms with Crippen LogP contribution in [0.2, 0.25) is 0 Å². The fourth-order valence-electron chi connectivity index (χ4n) is 6.71. The van der Waals surface area contributed by atoms with Gasteiger partial charge < -0.3 is 19.3 Å². The summed E-state index contributed by atoms with van der Waals surface area (Å²) in [5, 5.41) is 0. The van der Waals surface area contributed by atoms with Crippen LogP contribution in [0.5, 0.6) is 0 Å². The van der Waals surface area contributed by atoms with Crippen LogP contribution in [-0.4, -0.2) is 63.0 Å². The van der Waals surface area contributed by atoms with Gasteiger partial charge in [0.1, 0.15) is 22.8 Å². The molecule has 0 saturated carbocycles. The van der Waals surface area contributed by atoms with E-state index >= 15 is 0 Å². The summed E-state index contributed by atoms with van der Waals surface area (Å²) in [5.74, 6) is -1.01. The Labute approximate surface area is 309 Å². The number of esters is 2. The zero-order valence-electron chi connectivity index (χ0n) is 32.1. The lowest BCUT2D eigenvalue weighted by Crippen LogP contribution is -2.44. The highest BCUT2D eigenvalue weighted by atomic mass is 19.1. The predicted octanol–water partition coefficient (Wildman–Crippen LogP) is 8.83. The van der Waals surface area contributed by atoms with Crippen molar-refractivity contribution in [2.75, 3.05) is 41.3 Å². The van der Waals surface area contributed by atoms with E-state index in [1.807, 2.05) is 88.9 Å². The minimum absolute atomic E-state index is 0.0127. The Morgan fingerprint density at radius 3 is 1.29 bits per heavy atom. The average Bonchev–Trinajstić information content (AvgIpc) is 3.12. The molecule has 0 bridgehead atoms. The van der Waals surface area contributed by atoms with E-state index in [1.165, 1.54) is 24.3 Å². The molecular formula is C44H56F2N2O4. The minimum atomic E-state index is -0.855. The van der Waals surface area contributed by atoms with Crippen LogP contribution in [0.1, 0.15) is 62.8 Å². The van der Waals surface area contributed by atoms with Crippen molar-refractivity contribution in [3.05, 3.63) is 143 Å². The van der Waals surface area contributed by atoms with Crippen molar-refractivity contribution in [1.29, 1.82) is 0 Å². The van der Waals surface area contributed by atoms with E-state index < -0.39 is 11.2 Å². The molecule has 0 spiro atoms. The largest absolute Gasteiger partial charge is 0.453 e. The third-order valence-electron chi connectivity index (χ3n) is 9.32. The summed E-state index contributed by atoms with van der Waals surface area (Å²) in [6, 6.07) is 32.6. The number of benzene rings is 4. The lowest BCUT2D eigenvalue weighted by atomic mass is 9.77. The zero-order chi connectivity index (χ0) is 38.3. The minimum Gasteiger partial charge on any atom is -0.453 e. The molecule has 4 aromatic rings. The standard InChI is InChI=1S/2C22H28FNO2/c1-5-21(25)26-22(17(2)16-24(3)4,19-9-7-6-8-10-19)15-18-11-13-20(23)14-12-18;1-5-21(25)26-22(17(2)16-24(3)4,15-18-9-7-6-8-10-18)19-11-13-20(23)14-12-19/h2*6-14,17H,5,15-16H2,1-4H3/t2*17-,22+/m11/s1. The average molecular weight is 715 g/mol. The van der Waals surface area contributed by atoms with Crippen LogP contribution in [0.3, 0.4) is 0 Å². The Morgan fingerprint density at radius 1 is 0.558 bits per heavy atom. The molecular weight excluding hydrogens is 658 g/mol. The Morgan fingerprint density at radius 2 is 0.904 bits per heavy atom. The summed E-state index contributed by atoms with van der Waals surface area (Å²) < 4.78 is 39.1. The van der Waals surface area contributed by atoms with Gasteiger partial charge in [-0.15, -0.1) is 0 Å². The number of ether oxygens (including phenoxy) is 2. The summed E-state index contributed by atoms with van der Waals surface area (Å²) >= 11 is 0. The summed E-state index contributed by atoms with van der Waals surface area (Å²) in [5.41, 5.74) is 2.12. The third-order valence-corrected chi connectivity index (χ3v) is 9.32. The van der Waals surface area contributed by atoms with E-state index in [9.17, 15) is 18.4 Å². The molecule has 0 radical (unpaired) electrons. The molecule has 52 heavy (non-hydrogen) atoms. The predicted molar refractivity (Wildman–Crippen MR) is 205 cm³/mol. The fourth-order valence-corrected chi connectivity index (χ4v) is 6.71. The number of rotatable bonds is 16. The fraction of sp³-hybridized carbons (Fsp3) is 0.409. The number of nitrogens with zero attached hydrogens (tertiary/aromatic N) is 2. The van der Waals surface area contributed by atoms with Crippen LogP contribution < -0.4 is 0 Å². The first kappa shape index (κ1) is 42.0. The summed E-state index contributed by atoms with van der Waals surface area (Å²) in [4.78, 5) is 28.8.